The second-order valence-corrected chi connectivity index (χ2v) is 4.16. The van der Waals surface area contributed by atoms with Gasteiger partial charge in [-0.3, -0.25) is 0 Å². The first-order valence-corrected chi connectivity index (χ1v) is 5.84. The molecule has 1 heterocycles. The van der Waals surface area contributed by atoms with E-state index in [1.165, 1.54) is 13.3 Å². The van der Waals surface area contributed by atoms with Gasteiger partial charge in [0.1, 0.15) is 6.10 Å². The zero-order chi connectivity index (χ0) is 13.8. The van der Waals surface area contributed by atoms with Gasteiger partial charge in [0.25, 0.3) is 0 Å². The van der Waals surface area contributed by atoms with Crippen molar-refractivity contribution >= 4 is 17.6 Å². The van der Waals surface area contributed by atoms with Gasteiger partial charge in [-0.15, -0.1) is 0 Å². The number of rotatable bonds is 4. The molecule has 5 nitrogen and oxygen atoms in total. The number of hydrogen-bond acceptors (Lipinski definition) is 4. The molecule has 0 aliphatic heterocycles. The Morgan fingerprint density at radius 2 is 2.05 bits per heavy atom. The molecular formula is C13H11ClN2O3. The van der Waals surface area contributed by atoms with Crippen LogP contribution in [0.4, 0.5) is 0 Å². The Labute approximate surface area is 114 Å². The van der Waals surface area contributed by atoms with E-state index in [1.807, 2.05) is 30.3 Å². The first-order valence-electron chi connectivity index (χ1n) is 5.47. The summed E-state index contributed by atoms with van der Waals surface area (Å²) in [6.07, 6.45) is 0.735. The van der Waals surface area contributed by atoms with E-state index in [-0.39, 0.29) is 16.5 Å². The molecule has 0 bridgehead atoms. The van der Waals surface area contributed by atoms with E-state index in [2.05, 4.69) is 9.97 Å². The lowest BCUT2D eigenvalue weighted by atomic mass is 10.1. The highest BCUT2D eigenvalue weighted by Crippen LogP contribution is 2.23. The first kappa shape index (κ1) is 13.5. The minimum absolute atomic E-state index is 0.000773. The largest absolute Gasteiger partial charge is 0.476 e. The van der Waals surface area contributed by atoms with Crippen molar-refractivity contribution in [2.75, 3.05) is 7.11 Å². The molecule has 2 aromatic rings. The minimum Gasteiger partial charge on any atom is -0.476 e. The van der Waals surface area contributed by atoms with E-state index in [9.17, 15) is 4.79 Å². The molecule has 0 spiro atoms. The van der Waals surface area contributed by atoms with Crippen molar-refractivity contribution in [3.05, 3.63) is 58.6 Å². The van der Waals surface area contributed by atoms with Gasteiger partial charge in [0.2, 0.25) is 0 Å². The van der Waals surface area contributed by atoms with E-state index in [0.717, 1.165) is 5.56 Å². The van der Waals surface area contributed by atoms with Crippen LogP contribution in [0.2, 0.25) is 5.02 Å². The lowest BCUT2D eigenvalue weighted by Crippen LogP contribution is -2.12. The third-order valence-corrected chi connectivity index (χ3v) is 2.81. The van der Waals surface area contributed by atoms with Gasteiger partial charge in [0.15, 0.2) is 11.5 Å². The van der Waals surface area contributed by atoms with Gasteiger partial charge in [0, 0.05) is 7.11 Å². The topological polar surface area (TPSA) is 72.3 Å². The quantitative estimate of drug-likeness (QED) is 0.930. The Balaban J connectivity index is 2.45. The molecule has 0 radical (unpaired) electrons. The molecule has 2 rings (SSSR count). The number of aromatic carboxylic acids is 1. The van der Waals surface area contributed by atoms with Gasteiger partial charge in [0.05, 0.1) is 11.2 Å². The number of aromatic nitrogens is 2. The first-order chi connectivity index (χ1) is 9.13. The molecule has 0 saturated heterocycles. The molecule has 1 aromatic carbocycles. The van der Waals surface area contributed by atoms with Gasteiger partial charge in [-0.1, -0.05) is 41.9 Å². The average molecular weight is 279 g/mol. The Morgan fingerprint density at radius 3 is 2.63 bits per heavy atom. The Bertz CT molecular complexity index is 590. The van der Waals surface area contributed by atoms with Crippen LogP contribution >= 0.6 is 11.6 Å². The van der Waals surface area contributed by atoms with Gasteiger partial charge in [-0.05, 0) is 5.56 Å². The van der Waals surface area contributed by atoms with Gasteiger partial charge >= 0.3 is 5.97 Å². The van der Waals surface area contributed by atoms with Crippen molar-refractivity contribution in [1.82, 2.24) is 9.97 Å². The van der Waals surface area contributed by atoms with Crippen LogP contribution in [0.15, 0.2) is 36.5 Å². The minimum atomic E-state index is -1.20. The van der Waals surface area contributed by atoms with Crippen LogP contribution < -0.4 is 0 Å². The predicted molar refractivity (Wildman–Crippen MR) is 69.3 cm³/mol. The van der Waals surface area contributed by atoms with Crippen LogP contribution in [0.1, 0.15) is 28.0 Å². The van der Waals surface area contributed by atoms with Crippen molar-refractivity contribution in [3.8, 4) is 0 Å². The molecular weight excluding hydrogens is 268 g/mol. The lowest BCUT2D eigenvalue weighted by molar-refractivity contribution is 0.0688. The third-order valence-electron chi connectivity index (χ3n) is 2.54. The number of ether oxygens (including phenoxy) is 1. The van der Waals surface area contributed by atoms with Crippen LogP contribution in [0, 0.1) is 0 Å². The number of hydrogen-bond donors (Lipinski definition) is 1. The summed E-state index contributed by atoms with van der Waals surface area (Å²) in [6, 6.07) is 9.30. The fraction of sp³-hybridized carbons (Fsp3) is 0.154. The van der Waals surface area contributed by atoms with E-state index in [0.29, 0.717) is 0 Å². The summed E-state index contributed by atoms with van der Waals surface area (Å²) in [5.41, 5.74) is 0.605. The highest BCUT2D eigenvalue weighted by Gasteiger charge is 2.20. The van der Waals surface area contributed by atoms with Crippen molar-refractivity contribution in [2.45, 2.75) is 6.10 Å². The van der Waals surface area contributed by atoms with Crippen molar-refractivity contribution in [1.29, 1.82) is 0 Å². The maximum absolute atomic E-state index is 11.0. The predicted octanol–water partition coefficient (Wildman–Crippen LogP) is 2.56. The van der Waals surface area contributed by atoms with Crippen LogP contribution in [-0.4, -0.2) is 28.2 Å². The molecule has 0 saturated carbocycles. The van der Waals surface area contributed by atoms with E-state index < -0.39 is 12.1 Å². The lowest BCUT2D eigenvalue weighted by Gasteiger charge is -2.14. The second kappa shape index (κ2) is 5.77. The summed E-state index contributed by atoms with van der Waals surface area (Å²) in [4.78, 5) is 19.0. The fourth-order valence-corrected chi connectivity index (χ4v) is 1.85. The molecule has 19 heavy (non-hydrogen) atoms. The molecule has 1 atom stereocenters. The second-order valence-electron chi connectivity index (χ2n) is 3.76. The van der Waals surface area contributed by atoms with Gasteiger partial charge < -0.3 is 9.84 Å². The summed E-state index contributed by atoms with van der Waals surface area (Å²) < 4.78 is 5.34. The molecule has 1 N–H and O–H groups in total. The molecule has 1 unspecified atom stereocenters. The maximum Gasteiger partial charge on any atom is 0.356 e. The Morgan fingerprint density at radius 1 is 1.37 bits per heavy atom. The van der Waals surface area contributed by atoms with E-state index in [4.69, 9.17) is 21.4 Å². The zero-order valence-corrected chi connectivity index (χ0v) is 10.8. The van der Waals surface area contributed by atoms with Crippen LogP contribution in [0.5, 0.6) is 0 Å². The zero-order valence-electron chi connectivity index (χ0n) is 10.1. The maximum atomic E-state index is 11.0. The average Bonchev–Trinajstić information content (AvgIpc) is 2.42. The number of benzene rings is 1. The molecule has 0 aliphatic rings. The van der Waals surface area contributed by atoms with Crippen LogP contribution in [0.3, 0.4) is 0 Å². The third kappa shape index (κ3) is 2.89. The number of methoxy groups -OCH3 is 1. The standard InChI is InChI=1S/C13H11ClN2O3/c1-19-11(8-5-3-2-4-6-8)12-15-7-9(14)10(16-12)13(17)18/h2-7,11H,1H3,(H,17,18). The SMILES string of the molecule is COC(c1ccccc1)c1ncc(Cl)c(C(=O)O)n1. The summed E-state index contributed by atoms with van der Waals surface area (Å²) in [7, 11) is 1.51. The summed E-state index contributed by atoms with van der Waals surface area (Å²) in [6.45, 7) is 0. The molecule has 98 valence electrons. The molecule has 0 amide bonds. The van der Waals surface area contributed by atoms with Crippen molar-refractivity contribution in [2.24, 2.45) is 0 Å². The number of nitrogens with zero attached hydrogens (tertiary/aromatic N) is 2. The molecule has 1 aromatic heterocycles. The molecule has 0 fully saturated rings. The summed E-state index contributed by atoms with van der Waals surface area (Å²) in [5.74, 6) is -0.938. The van der Waals surface area contributed by atoms with E-state index >= 15 is 0 Å². The Hall–Kier alpha value is -1.98. The number of carbonyl (C=O) groups is 1. The van der Waals surface area contributed by atoms with Gasteiger partial charge in [-0.2, -0.15) is 0 Å². The summed E-state index contributed by atoms with van der Waals surface area (Å²) >= 11 is 5.74. The Kier molecular flexibility index (Phi) is 4.09. The smallest absolute Gasteiger partial charge is 0.356 e. The monoisotopic (exact) mass is 278 g/mol. The normalized spacial score (nSPS) is 12.1. The summed E-state index contributed by atoms with van der Waals surface area (Å²) in [5, 5.41) is 9.00. The molecule has 0 aliphatic carbocycles. The van der Waals surface area contributed by atoms with Crippen molar-refractivity contribution in [3.63, 3.8) is 0 Å². The van der Waals surface area contributed by atoms with Crippen molar-refractivity contribution < 1.29 is 14.6 Å². The number of carboxylic acid groups (broad SMARTS) is 1. The molecule has 6 heteroatoms. The van der Waals surface area contributed by atoms with Crippen LogP contribution in [-0.2, 0) is 4.74 Å². The highest BCUT2D eigenvalue weighted by molar-refractivity contribution is 6.33. The van der Waals surface area contributed by atoms with Gasteiger partial charge in [-0.25, -0.2) is 14.8 Å². The number of carboxylic acids is 1. The fourth-order valence-electron chi connectivity index (χ4n) is 1.68. The number of halogens is 1. The highest BCUT2D eigenvalue weighted by atomic mass is 35.5. The van der Waals surface area contributed by atoms with Crippen LogP contribution in [0.25, 0.3) is 0 Å². The van der Waals surface area contributed by atoms with E-state index in [1.54, 1.807) is 0 Å².